The van der Waals surface area contributed by atoms with Crippen LogP contribution in [0.5, 0.6) is 5.75 Å². The Labute approximate surface area is 191 Å². The number of benzene rings is 1. The van der Waals surface area contributed by atoms with Crippen LogP contribution in [-0.4, -0.2) is 66.8 Å². The number of rotatable bonds is 5. The predicted molar refractivity (Wildman–Crippen MR) is 132 cm³/mol. The van der Waals surface area contributed by atoms with E-state index in [0.29, 0.717) is 12.3 Å². The first kappa shape index (κ1) is 22.2. The number of aromatic nitrogens is 1. The molecule has 1 aromatic carbocycles. The third-order valence-electron chi connectivity index (χ3n) is 6.29. The Hall–Kier alpha value is -2.96. The van der Waals surface area contributed by atoms with E-state index in [2.05, 4.69) is 39.1 Å². The summed E-state index contributed by atoms with van der Waals surface area (Å²) in [5, 5.41) is 13.6. The standard InChI is InChI=1S/C25H36N6O/c1-2-26-25(31-17-15-29(16-18-31)22-9-5-6-10-23(22)32)28-20-21-11-12-24(27-19-21)30-13-7-3-4-8-14-30/h5-6,9-12,19,32H,2-4,7-8,13-18,20H2,1H3,(H,26,28). The molecule has 0 saturated carbocycles. The molecule has 4 rings (SSSR count). The Morgan fingerprint density at radius 3 is 2.34 bits per heavy atom. The molecule has 3 heterocycles. The van der Waals surface area contributed by atoms with Crippen molar-refractivity contribution in [2.75, 3.05) is 55.6 Å². The van der Waals surface area contributed by atoms with E-state index in [1.807, 2.05) is 24.4 Å². The molecule has 2 fully saturated rings. The molecule has 7 nitrogen and oxygen atoms in total. The summed E-state index contributed by atoms with van der Waals surface area (Å²) in [6, 6.07) is 11.9. The maximum absolute atomic E-state index is 10.1. The van der Waals surface area contributed by atoms with E-state index >= 15 is 0 Å². The van der Waals surface area contributed by atoms with Gasteiger partial charge >= 0.3 is 0 Å². The van der Waals surface area contributed by atoms with Crippen LogP contribution in [-0.2, 0) is 6.54 Å². The average Bonchev–Trinajstić information content (AvgIpc) is 3.12. The molecule has 0 unspecified atom stereocenters. The number of pyridine rings is 1. The van der Waals surface area contributed by atoms with Crippen LogP contribution in [0.25, 0.3) is 0 Å². The second-order valence-electron chi connectivity index (χ2n) is 8.56. The molecule has 0 bridgehead atoms. The first-order chi connectivity index (χ1) is 15.7. The van der Waals surface area contributed by atoms with Crippen molar-refractivity contribution in [1.29, 1.82) is 0 Å². The normalized spacial score (nSPS) is 17.9. The van der Waals surface area contributed by atoms with Gasteiger partial charge in [0.15, 0.2) is 5.96 Å². The van der Waals surface area contributed by atoms with Gasteiger partial charge in [-0.15, -0.1) is 0 Å². The molecule has 2 aliphatic heterocycles. The van der Waals surface area contributed by atoms with Crippen molar-refractivity contribution in [3.8, 4) is 5.75 Å². The number of piperazine rings is 1. The van der Waals surface area contributed by atoms with Crippen molar-refractivity contribution < 1.29 is 5.11 Å². The highest BCUT2D eigenvalue weighted by Gasteiger charge is 2.21. The molecule has 2 aromatic rings. The molecule has 2 N–H and O–H groups in total. The monoisotopic (exact) mass is 436 g/mol. The van der Waals surface area contributed by atoms with Gasteiger partial charge in [-0.1, -0.05) is 31.0 Å². The van der Waals surface area contributed by atoms with Gasteiger partial charge in [0.1, 0.15) is 11.6 Å². The van der Waals surface area contributed by atoms with Crippen LogP contribution >= 0.6 is 0 Å². The van der Waals surface area contributed by atoms with Crippen molar-refractivity contribution in [2.45, 2.75) is 39.2 Å². The van der Waals surface area contributed by atoms with E-state index < -0.39 is 0 Å². The Morgan fingerprint density at radius 2 is 1.69 bits per heavy atom. The van der Waals surface area contributed by atoms with E-state index in [1.54, 1.807) is 6.07 Å². The molecule has 172 valence electrons. The number of hydrogen-bond donors (Lipinski definition) is 2. The number of para-hydroxylation sites is 2. The zero-order valence-corrected chi connectivity index (χ0v) is 19.2. The number of nitrogens with zero attached hydrogens (tertiary/aromatic N) is 5. The molecule has 0 aliphatic carbocycles. The largest absolute Gasteiger partial charge is 0.506 e. The molecular formula is C25H36N6O. The Balaban J connectivity index is 1.35. The number of phenolic OH excluding ortho intramolecular Hbond substituents is 1. The third kappa shape index (κ3) is 5.64. The fraction of sp³-hybridized carbons (Fsp3) is 0.520. The van der Waals surface area contributed by atoms with Crippen LogP contribution in [0.3, 0.4) is 0 Å². The van der Waals surface area contributed by atoms with Crippen molar-refractivity contribution >= 4 is 17.5 Å². The second-order valence-corrected chi connectivity index (χ2v) is 8.56. The number of nitrogens with one attached hydrogen (secondary N) is 1. The molecule has 0 radical (unpaired) electrons. The van der Waals surface area contributed by atoms with Gasteiger partial charge in [0.25, 0.3) is 0 Å². The van der Waals surface area contributed by atoms with Gasteiger partial charge in [-0.05, 0) is 43.5 Å². The maximum Gasteiger partial charge on any atom is 0.194 e. The minimum atomic E-state index is 0.345. The first-order valence-corrected chi connectivity index (χ1v) is 12.0. The van der Waals surface area contributed by atoms with Crippen molar-refractivity contribution in [2.24, 2.45) is 4.99 Å². The quantitative estimate of drug-likeness (QED) is 0.553. The number of aromatic hydroxyl groups is 1. The Kier molecular flexibility index (Phi) is 7.69. The first-order valence-electron chi connectivity index (χ1n) is 12.0. The minimum absolute atomic E-state index is 0.345. The molecule has 7 heteroatoms. The molecule has 0 spiro atoms. The zero-order valence-electron chi connectivity index (χ0n) is 19.2. The Morgan fingerprint density at radius 1 is 0.938 bits per heavy atom. The van der Waals surface area contributed by atoms with E-state index in [4.69, 9.17) is 9.98 Å². The van der Waals surface area contributed by atoms with Crippen LogP contribution in [0.4, 0.5) is 11.5 Å². The summed E-state index contributed by atoms with van der Waals surface area (Å²) in [4.78, 5) is 16.6. The SMILES string of the molecule is CCNC(=NCc1ccc(N2CCCCCC2)nc1)N1CCN(c2ccccc2O)CC1. The lowest BCUT2D eigenvalue weighted by Gasteiger charge is -2.37. The van der Waals surface area contributed by atoms with Crippen LogP contribution in [0.2, 0.25) is 0 Å². The Bertz CT molecular complexity index is 868. The highest BCUT2D eigenvalue weighted by atomic mass is 16.3. The number of aliphatic imine (C=N–C) groups is 1. The summed E-state index contributed by atoms with van der Waals surface area (Å²) in [7, 11) is 0. The fourth-order valence-electron chi connectivity index (χ4n) is 4.48. The van der Waals surface area contributed by atoms with Crippen molar-refractivity contribution in [3.05, 3.63) is 48.2 Å². The van der Waals surface area contributed by atoms with Crippen LogP contribution in [0.1, 0.15) is 38.2 Å². The zero-order chi connectivity index (χ0) is 22.2. The third-order valence-corrected chi connectivity index (χ3v) is 6.29. The van der Waals surface area contributed by atoms with Crippen molar-refractivity contribution in [3.63, 3.8) is 0 Å². The topological polar surface area (TPSA) is 67.2 Å². The van der Waals surface area contributed by atoms with Crippen molar-refractivity contribution in [1.82, 2.24) is 15.2 Å². The number of phenols is 1. The molecule has 0 atom stereocenters. The molecule has 2 saturated heterocycles. The highest BCUT2D eigenvalue weighted by Crippen LogP contribution is 2.27. The van der Waals surface area contributed by atoms with Gasteiger partial charge in [0.05, 0.1) is 12.2 Å². The van der Waals surface area contributed by atoms with Crippen LogP contribution in [0, 0.1) is 0 Å². The van der Waals surface area contributed by atoms with Gasteiger partial charge in [-0.3, -0.25) is 0 Å². The second kappa shape index (κ2) is 11.1. The lowest BCUT2D eigenvalue weighted by Crippen LogP contribution is -2.52. The maximum atomic E-state index is 10.1. The minimum Gasteiger partial charge on any atom is -0.506 e. The summed E-state index contributed by atoms with van der Waals surface area (Å²) in [5.74, 6) is 2.38. The lowest BCUT2D eigenvalue weighted by atomic mass is 10.2. The van der Waals surface area contributed by atoms with Gasteiger partial charge in [-0.25, -0.2) is 9.98 Å². The molecule has 1 aromatic heterocycles. The van der Waals surface area contributed by atoms with Gasteiger partial charge in [-0.2, -0.15) is 0 Å². The van der Waals surface area contributed by atoms with Gasteiger partial charge < -0.3 is 25.1 Å². The van der Waals surface area contributed by atoms with E-state index in [9.17, 15) is 5.11 Å². The smallest absolute Gasteiger partial charge is 0.194 e. The number of guanidine groups is 1. The molecule has 2 aliphatic rings. The van der Waals surface area contributed by atoms with Gasteiger partial charge in [0.2, 0.25) is 0 Å². The molecule has 32 heavy (non-hydrogen) atoms. The summed E-state index contributed by atoms with van der Waals surface area (Å²) in [6.07, 6.45) is 7.16. The summed E-state index contributed by atoms with van der Waals surface area (Å²) in [5.41, 5.74) is 2.04. The fourth-order valence-corrected chi connectivity index (χ4v) is 4.48. The summed E-state index contributed by atoms with van der Waals surface area (Å²) < 4.78 is 0. The van der Waals surface area contributed by atoms with E-state index in [-0.39, 0.29) is 0 Å². The van der Waals surface area contributed by atoms with Crippen LogP contribution in [0.15, 0.2) is 47.6 Å². The summed E-state index contributed by atoms with van der Waals surface area (Å²) in [6.45, 7) is 9.23. The highest BCUT2D eigenvalue weighted by molar-refractivity contribution is 5.80. The van der Waals surface area contributed by atoms with E-state index in [0.717, 1.165) is 68.8 Å². The van der Waals surface area contributed by atoms with Gasteiger partial charge in [0, 0.05) is 52.0 Å². The molecule has 0 amide bonds. The lowest BCUT2D eigenvalue weighted by molar-refractivity contribution is 0.369. The number of hydrogen-bond acceptors (Lipinski definition) is 5. The molecular weight excluding hydrogens is 400 g/mol. The summed E-state index contributed by atoms with van der Waals surface area (Å²) >= 11 is 0. The average molecular weight is 437 g/mol. The van der Waals surface area contributed by atoms with E-state index in [1.165, 1.54) is 25.7 Å². The van der Waals surface area contributed by atoms with Crippen LogP contribution < -0.4 is 15.1 Å². The predicted octanol–water partition coefficient (Wildman–Crippen LogP) is 3.46. The number of anilines is 2.